The van der Waals surface area contributed by atoms with Gasteiger partial charge in [-0.2, -0.15) is 0 Å². The van der Waals surface area contributed by atoms with E-state index in [1.54, 1.807) is 37.7 Å². The summed E-state index contributed by atoms with van der Waals surface area (Å²) >= 11 is 0.0230. The van der Waals surface area contributed by atoms with E-state index in [4.69, 9.17) is 63.2 Å². The predicted molar refractivity (Wildman–Crippen MR) is 378 cm³/mol. The summed E-state index contributed by atoms with van der Waals surface area (Å²) in [6.45, 7) is 18.8. The number of phosphoric acid groups is 1. The predicted octanol–water partition coefficient (Wildman–Crippen LogP) is 4.73. The molecule has 2 unspecified atom stereocenters. The van der Waals surface area contributed by atoms with Gasteiger partial charge < -0.3 is 28.9 Å². The molecule has 12 bridgehead atoms. The molecule has 4 aliphatic carbocycles. The van der Waals surface area contributed by atoms with Crippen molar-refractivity contribution in [1.29, 1.82) is 5.26 Å². The monoisotopic (exact) mass is 1500 g/mol. The summed E-state index contributed by atoms with van der Waals surface area (Å²) < 4.78 is 33.7. The average molecular weight is 1510 g/mol. The number of Topliss-reactive ketones (excluding diaryl/α,β-unsaturated/α-hetero) is 1. The van der Waals surface area contributed by atoms with Gasteiger partial charge in [-0.15, -0.1) is 0 Å². The number of carbonyl (C=O) groups is 8. The molecule has 0 spiro atoms. The first kappa shape index (κ1) is 79.2. The van der Waals surface area contributed by atoms with Crippen LogP contribution < -0.4 is 44.6 Å². The minimum absolute atomic E-state index is 0.0111. The van der Waals surface area contributed by atoms with E-state index in [9.17, 15) is 63.3 Å². The molecule has 10 aliphatic rings. The number of aliphatic imine (C=N–C) groups is 3. The van der Waals surface area contributed by atoms with Gasteiger partial charge in [0.25, 0.3) is 7.82 Å². The van der Waals surface area contributed by atoms with Crippen LogP contribution in [0.5, 0.6) is 0 Å². The summed E-state index contributed by atoms with van der Waals surface area (Å²) in [5, 5.41) is 37.9. The normalized spacial score (nSPS) is 35.7. The Morgan fingerprint density at radius 1 is 0.788 bits per heavy atom. The number of aliphatic hydroxyl groups excluding tert-OH is 2. The molecule has 6 aliphatic heterocycles. The molecule has 7 heterocycles. The van der Waals surface area contributed by atoms with Crippen molar-refractivity contribution in [2.24, 2.45) is 118 Å². The van der Waals surface area contributed by atoms with Crippen molar-refractivity contribution in [2.45, 2.75) is 221 Å². The van der Waals surface area contributed by atoms with E-state index in [2.05, 4.69) is 15.3 Å². The molecule has 31 heteroatoms. The first-order valence-electron chi connectivity index (χ1n) is 35.9. The first-order chi connectivity index (χ1) is 48.6. The fraction of sp³-hybridized carbons (Fsp3) is 0.658. The molecule has 15 atom stereocenters. The number of hydrogen-bond donors (Lipinski definition) is 9. The van der Waals surface area contributed by atoms with Crippen LogP contribution in [0, 0.1) is 93.1 Å². The van der Waals surface area contributed by atoms with E-state index >= 15 is 0 Å². The minimum Gasteiger partial charge on any atom is -0.299 e. The topological polar surface area (TPSA) is 495 Å². The number of amides is 7. The van der Waals surface area contributed by atoms with Gasteiger partial charge in [0.15, 0.2) is 6.23 Å². The molecule has 0 radical (unpaired) electrons. The van der Waals surface area contributed by atoms with Gasteiger partial charge in [-0.1, -0.05) is 0 Å². The molecule has 29 nitrogen and oxygen atoms in total. The maximum absolute atomic E-state index is 14.5. The van der Waals surface area contributed by atoms with Crippen LogP contribution in [-0.4, -0.2) is 137 Å². The second kappa shape index (κ2) is 30.1. The molecule has 1 aromatic carbocycles. The molecule has 568 valence electrons. The van der Waals surface area contributed by atoms with E-state index in [0.29, 0.717) is 74.0 Å². The summed E-state index contributed by atoms with van der Waals surface area (Å²) in [5.41, 5.74) is 36.3. The van der Waals surface area contributed by atoms with Gasteiger partial charge in [0.1, 0.15) is 24.1 Å². The zero-order chi connectivity index (χ0) is 76.4. The second-order valence-corrected chi connectivity index (χ2v) is 34.2. The number of nitrogens with one attached hydrogen (secondary N) is 1. The second-order valence-electron chi connectivity index (χ2n) is 32.0. The number of carbonyl (C=O) groups excluding carboxylic acids is 8. The van der Waals surface area contributed by atoms with Crippen molar-refractivity contribution in [2.75, 3.05) is 13.2 Å². The number of ketones is 1. The SMILES string of the molecule is C/C1=C2N=C(/C=C3N=C(/C(C)=C4/[C@@H](CCC(N)=O)[C@](C)(CC(N)=O)[C@](C)([C@@H]5N=C1[C@](C)(CCC(=O)NCC(C)OP(=O)([O-])O[C@H]1[C@@H](O)[C@@H](n6cnc7cc(C)c(C)cc76)O[C@@H]1CO)[C@H]5CC(N)=O)[N]4[Co+][C]#N)[C@@](C)(CC(N)=O)[C@@H]\3CCC(N)=O)C(C)(C)[C@@H]/2CCC(N)=O.O=C1C2CC3CC(C2)CC1C3. The number of aryl methyl sites for hydroxylation is 2. The van der Waals surface area contributed by atoms with Crippen LogP contribution in [0.1, 0.15) is 182 Å². The van der Waals surface area contributed by atoms with Crippen molar-refractivity contribution < 1.29 is 86.7 Å². The zero-order valence-corrected chi connectivity index (χ0v) is 63.1. The number of hydrogen-bond acceptors (Lipinski definition) is 21. The maximum atomic E-state index is 14.5. The van der Waals surface area contributed by atoms with Crippen LogP contribution in [-0.2, 0) is 71.6 Å². The van der Waals surface area contributed by atoms with Crippen molar-refractivity contribution in [3.63, 3.8) is 0 Å². The summed E-state index contributed by atoms with van der Waals surface area (Å²) in [6.07, 6.45) is 1.03. The van der Waals surface area contributed by atoms with Crippen LogP contribution in [0.2, 0.25) is 0 Å². The van der Waals surface area contributed by atoms with E-state index in [1.807, 2.05) is 53.7 Å². The van der Waals surface area contributed by atoms with Gasteiger partial charge in [-0.05, 0) is 81.0 Å². The number of phosphoric ester groups is 1. The van der Waals surface area contributed by atoms with Crippen LogP contribution in [0.25, 0.3) is 11.0 Å². The Morgan fingerprint density at radius 3 is 1.94 bits per heavy atom. The summed E-state index contributed by atoms with van der Waals surface area (Å²) in [5.74, 6) is -4.37. The number of ether oxygens (including phenoxy) is 1. The van der Waals surface area contributed by atoms with Crippen LogP contribution in [0.15, 0.2) is 67.8 Å². The van der Waals surface area contributed by atoms with Gasteiger partial charge in [-0.3, -0.25) is 9.36 Å². The Bertz CT molecular complexity index is 4110. The number of primary amides is 6. The van der Waals surface area contributed by atoms with E-state index in [1.165, 1.54) is 49.9 Å². The van der Waals surface area contributed by atoms with Crippen LogP contribution >= 0.6 is 7.82 Å². The van der Waals surface area contributed by atoms with Crippen molar-refractivity contribution in [1.82, 2.24) is 18.8 Å². The molecule has 2 saturated heterocycles. The third kappa shape index (κ3) is 15.0. The summed E-state index contributed by atoms with van der Waals surface area (Å²) in [4.78, 5) is 140. The summed E-state index contributed by atoms with van der Waals surface area (Å²) in [6, 6.07) is 2.56. The molecule has 12 rings (SSSR count). The van der Waals surface area contributed by atoms with Crippen LogP contribution in [0.3, 0.4) is 0 Å². The third-order valence-electron chi connectivity index (χ3n) is 24.8. The molecule has 4 saturated carbocycles. The minimum atomic E-state index is -5.35. The Kier molecular flexibility index (Phi) is 23.0. The van der Waals surface area contributed by atoms with E-state index in [-0.39, 0.29) is 92.1 Å². The van der Waals surface area contributed by atoms with Crippen molar-refractivity contribution in [3.8, 4) is 5.00 Å². The van der Waals surface area contributed by atoms with Gasteiger partial charge in [-0.25, -0.2) is 4.98 Å². The molecule has 15 N–H and O–H groups in total. The Balaban J connectivity index is 0.000000948. The number of imidazole rings is 1. The van der Waals surface area contributed by atoms with Crippen molar-refractivity contribution >= 4 is 83.1 Å². The molecule has 1 aromatic heterocycles. The van der Waals surface area contributed by atoms with Gasteiger partial charge in [0.05, 0.1) is 24.0 Å². The average Bonchev–Trinajstić information content (AvgIpc) is 1.51. The third-order valence-corrected chi connectivity index (χ3v) is 27.0. The molecule has 7 amide bonds. The van der Waals surface area contributed by atoms with Crippen molar-refractivity contribution in [3.05, 3.63) is 63.9 Å². The number of aliphatic hydroxyl groups is 2. The number of nitrogens with two attached hydrogens (primary N) is 6. The van der Waals surface area contributed by atoms with E-state index < -0.39 is 143 Å². The first-order valence-corrected chi connectivity index (χ1v) is 38.3. The molecular formula is C73H102CoN14O15P. The molecule has 6 fully saturated rings. The number of allylic oxidation sites excluding steroid dienone is 6. The molecular weight excluding hydrogens is 1400 g/mol. The summed E-state index contributed by atoms with van der Waals surface area (Å²) in [7, 11) is -5.35. The number of nitrogens with zero attached hydrogens (tertiary/aromatic N) is 7. The fourth-order valence-electron chi connectivity index (χ4n) is 19.4. The Hall–Kier alpha value is -7.33. The number of fused-ring (bicyclic) bond motifs is 7. The van der Waals surface area contributed by atoms with Crippen LogP contribution in [0.4, 0.5) is 0 Å². The fourth-order valence-corrected chi connectivity index (χ4v) is 21.7. The number of rotatable bonds is 27. The quantitative estimate of drug-likeness (QED) is 0.0546. The van der Waals surface area contributed by atoms with E-state index in [0.717, 1.165) is 23.0 Å². The zero-order valence-electron chi connectivity index (χ0n) is 61.2. The number of nitriles is 1. The van der Waals surface area contributed by atoms with Gasteiger partial charge in [0, 0.05) is 11.8 Å². The molecule has 2 aromatic rings. The number of benzene rings is 1. The Labute approximate surface area is 612 Å². The smallest absolute Gasteiger partial charge is 0.299 e. The molecule has 104 heavy (non-hydrogen) atoms. The van der Waals surface area contributed by atoms with Gasteiger partial charge >= 0.3 is 417 Å². The standard InChI is InChI=1S/C62H90N13O14P.C10H14O.CN.Co/c1-29-20-39-40(21-30(29)2)75(28-70-39)57-52(84)53(41(27-76)87-57)89-90(85,86)88-31(3)26-69-49(83)18-19-59(8)37(22-46(66)80)56-62(11)61(10,25-48(68)82)36(14-17-45(65)79)51(74-62)33(5)55-60(9,24-47(67)81)34(12-15-43(63)77)38(71-55)23-42-58(6,7)35(13-16-44(64)78)50(72-42)32(4)54(59)73-56;11-10-8-2-6-1-7(4-8)5-9(10)3-6;1-2;/h20-21,23,28,31,34-37,41,52-53,56-57,76,84H,12-19,22,24-27H2,1-11H3,(H15,63,64,65,66,67,68,69,71,72,73,74,77,78,79,80,81,82,83,85,86);6-9H,1-5H2;;/q;;;+2/p-2/t31?,34-,35-,36-,37+,41-,52-,53-,56-,57+,59-,60+,61+,62+;;;/m1.../s1. The Morgan fingerprint density at radius 2 is 1.38 bits per heavy atom. The number of aromatic nitrogens is 2. The van der Waals surface area contributed by atoms with Gasteiger partial charge in [0.2, 0.25) is 0 Å².